The maximum atomic E-state index is 11.8. The Morgan fingerprint density at radius 2 is 1.71 bits per heavy atom. The van der Waals surface area contributed by atoms with Crippen LogP contribution < -0.4 is 0 Å². The molecule has 0 aliphatic heterocycles. The topological polar surface area (TPSA) is 60.9 Å². The highest BCUT2D eigenvalue weighted by Crippen LogP contribution is 2.11. The number of carboxylic acids is 1. The molecule has 1 amide bonds. The molecule has 0 rings (SSSR count). The number of rotatable bonds is 7. The van der Waals surface area contributed by atoms with Crippen LogP contribution in [0.3, 0.4) is 0 Å². The number of aliphatic carboxylic acids is 1. The number of hydrogen-bond donors (Lipinski definition) is 1. The number of amides is 1. The van der Waals surface area contributed by atoms with E-state index in [1.165, 1.54) is 4.90 Å². The molecular formula is C12H24N2O3. The molecule has 0 radical (unpaired) electrons. The van der Waals surface area contributed by atoms with E-state index < -0.39 is 12.0 Å². The summed E-state index contributed by atoms with van der Waals surface area (Å²) in [6.07, 6.45) is 0.838. The summed E-state index contributed by atoms with van der Waals surface area (Å²) in [4.78, 5) is 26.2. The molecule has 5 heteroatoms. The number of likely N-dealkylation sites (N-methyl/N-ethyl adjacent to an activating group) is 1. The summed E-state index contributed by atoms with van der Waals surface area (Å²) < 4.78 is 0. The lowest BCUT2D eigenvalue weighted by Crippen LogP contribution is -2.43. The maximum absolute atomic E-state index is 11.8. The summed E-state index contributed by atoms with van der Waals surface area (Å²) in [5.41, 5.74) is 0. The standard InChI is InChI=1S/C12H24N2O3/c1-9(2)8-10(12(16)17)14(5)11(15)6-7-13(3)4/h9-10H,6-8H2,1-5H3,(H,16,17). The molecule has 0 heterocycles. The Labute approximate surface area is 103 Å². The molecule has 17 heavy (non-hydrogen) atoms. The van der Waals surface area contributed by atoms with Gasteiger partial charge in [-0.25, -0.2) is 4.79 Å². The van der Waals surface area contributed by atoms with Gasteiger partial charge in [0, 0.05) is 20.0 Å². The molecule has 0 saturated carbocycles. The average molecular weight is 244 g/mol. The van der Waals surface area contributed by atoms with Crippen LogP contribution >= 0.6 is 0 Å². The van der Waals surface area contributed by atoms with Gasteiger partial charge >= 0.3 is 5.97 Å². The second-order valence-corrected chi connectivity index (χ2v) is 5.04. The first-order valence-corrected chi connectivity index (χ1v) is 5.88. The van der Waals surface area contributed by atoms with Crippen LogP contribution in [0, 0.1) is 5.92 Å². The van der Waals surface area contributed by atoms with Gasteiger partial charge in [-0.2, -0.15) is 0 Å². The molecule has 0 spiro atoms. The lowest BCUT2D eigenvalue weighted by atomic mass is 10.0. The molecule has 0 fully saturated rings. The monoisotopic (exact) mass is 244 g/mol. The van der Waals surface area contributed by atoms with Gasteiger partial charge in [0.1, 0.15) is 6.04 Å². The van der Waals surface area contributed by atoms with E-state index >= 15 is 0 Å². The Bertz CT molecular complexity index is 264. The lowest BCUT2D eigenvalue weighted by Gasteiger charge is -2.26. The van der Waals surface area contributed by atoms with E-state index in [9.17, 15) is 9.59 Å². The van der Waals surface area contributed by atoms with Crippen LogP contribution in [0.4, 0.5) is 0 Å². The van der Waals surface area contributed by atoms with Crippen molar-refractivity contribution >= 4 is 11.9 Å². The molecular weight excluding hydrogens is 220 g/mol. The van der Waals surface area contributed by atoms with Crippen molar-refractivity contribution in [2.75, 3.05) is 27.7 Å². The Morgan fingerprint density at radius 1 is 1.18 bits per heavy atom. The number of hydrogen-bond acceptors (Lipinski definition) is 3. The van der Waals surface area contributed by atoms with Crippen molar-refractivity contribution in [1.29, 1.82) is 0 Å². The average Bonchev–Trinajstić information content (AvgIpc) is 2.20. The van der Waals surface area contributed by atoms with Crippen molar-refractivity contribution in [2.24, 2.45) is 5.92 Å². The van der Waals surface area contributed by atoms with Gasteiger partial charge in [-0.3, -0.25) is 4.79 Å². The normalized spacial score (nSPS) is 12.9. The van der Waals surface area contributed by atoms with Crippen molar-refractivity contribution in [3.05, 3.63) is 0 Å². The summed E-state index contributed by atoms with van der Waals surface area (Å²) in [6.45, 7) is 4.54. The molecule has 0 aromatic heterocycles. The van der Waals surface area contributed by atoms with E-state index in [1.54, 1.807) is 7.05 Å². The quantitative estimate of drug-likeness (QED) is 0.722. The first kappa shape index (κ1) is 15.9. The zero-order chi connectivity index (χ0) is 13.6. The van der Waals surface area contributed by atoms with Gasteiger partial charge < -0.3 is 14.9 Å². The Hall–Kier alpha value is -1.10. The van der Waals surface area contributed by atoms with Crippen LogP contribution in [0.5, 0.6) is 0 Å². The van der Waals surface area contributed by atoms with Crippen LogP contribution in [0.25, 0.3) is 0 Å². The summed E-state index contributed by atoms with van der Waals surface area (Å²) in [6, 6.07) is -0.718. The van der Waals surface area contributed by atoms with Gasteiger partial charge in [0.05, 0.1) is 0 Å². The van der Waals surface area contributed by atoms with Crippen molar-refractivity contribution in [3.8, 4) is 0 Å². The SMILES string of the molecule is CC(C)CC(C(=O)O)N(C)C(=O)CCN(C)C. The van der Waals surface area contributed by atoms with E-state index in [0.29, 0.717) is 19.4 Å². The lowest BCUT2D eigenvalue weighted by molar-refractivity contribution is -0.149. The van der Waals surface area contributed by atoms with Gasteiger partial charge in [0.25, 0.3) is 0 Å². The van der Waals surface area contributed by atoms with E-state index in [1.807, 2.05) is 32.8 Å². The summed E-state index contributed by atoms with van der Waals surface area (Å²) >= 11 is 0. The highest BCUT2D eigenvalue weighted by atomic mass is 16.4. The van der Waals surface area contributed by atoms with E-state index in [-0.39, 0.29) is 11.8 Å². The minimum Gasteiger partial charge on any atom is -0.480 e. The fraction of sp³-hybridized carbons (Fsp3) is 0.833. The zero-order valence-electron chi connectivity index (χ0n) is 11.4. The first-order valence-electron chi connectivity index (χ1n) is 5.88. The Balaban J connectivity index is 4.44. The van der Waals surface area contributed by atoms with E-state index in [0.717, 1.165) is 0 Å². The summed E-state index contributed by atoms with van der Waals surface area (Å²) in [5.74, 6) is -0.800. The highest BCUT2D eigenvalue weighted by molar-refractivity contribution is 5.83. The number of carbonyl (C=O) groups is 2. The summed E-state index contributed by atoms with van der Waals surface area (Å²) in [5, 5.41) is 9.11. The number of carboxylic acid groups (broad SMARTS) is 1. The smallest absolute Gasteiger partial charge is 0.326 e. The predicted octanol–water partition coefficient (Wildman–Crippen LogP) is 0.896. The third-order valence-electron chi connectivity index (χ3n) is 2.61. The molecule has 1 N–H and O–H groups in total. The second-order valence-electron chi connectivity index (χ2n) is 5.04. The predicted molar refractivity (Wildman–Crippen MR) is 66.8 cm³/mol. The highest BCUT2D eigenvalue weighted by Gasteiger charge is 2.26. The third kappa shape index (κ3) is 6.26. The molecule has 1 atom stereocenters. The minimum atomic E-state index is -0.931. The van der Waals surface area contributed by atoms with Crippen LogP contribution in [0.15, 0.2) is 0 Å². The van der Waals surface area contributed by atoms with Crippen LogP contribution in [-0.2, 0) is 9.59 Å². The van der Waals surface area contributed by atoms with Crippen molar-refractivity contribution in [3.63, 3.8) is 0 Å². The van der Waals surface area contributed by atoms with Crippen LogP contribution in [0.1, 0.15) is 26.7 Å². The van der Waals surface area contributed by atoms with E-state index in [4.69, 9.17) is 5.11 Å². The number of nitrogens with zero attached hydrogens (tertiary/aromatic N) is 2. The van der Waals surface area contributed by atoms with Gasteiger partial charge in [-0.15, -0.1) is 0 Å². The van der Waals surface area contributed by atoms with Crippen molar-refractivity contribution in [1.82, 2.24) is 9.80 Å². The fourth-order valence-corrected chi connectivity index (χ4v) is 1.54. The van der Waals surface area contributed by atoms with E-state index in [2.05, 4.69) is 0 Å². The molecule has 5 nitrogen and oxygen atoms in total. The first-order chi connectivity index (χ1) is 7.75. The van der Waals surface area contributed by atoms with Gasteiger partial charge in [0.2, 0.25) is 5.91 Å². The van der Waals surface area contributed by atoms with Gasteiger partial charge in [-0.05, 0) is 26.4 Å². The fourth-order valence-electron chi connectivity index (χ4n) is 1.54. The Morgan fingerprint density at radius 3 is 2.06 bits per heavy atom. The maximum Gasteiger partial charge on any atom is 0.326 e. The van der Waals surface area contributed by atoms with Crippen molar-refractivity contribution < 1.29 is 14.7 Å². The van der Waals surface area contributed by atoms with Crippen molar-refractivity contribution in [2.45, 2.75) is 32.7 Å². The van der Waals surface area contributed by atoms with Crippen LogP contribution in [-0.4, -0.2) is 60.5 Å². The second kappa shape index (κ2) is 7.27. The molecule has 0 bridgehead atoms. The third-order valence-corrected chi connectivity index (χ3v) is 2.61. The molecule has 0 aliphatic carbocycles. The molecule has 1 unspecified atom stereocenters. The summed E-state index contributed by atoms with van der Waals surface area (Å²) in [7, 11) is 5.34. The minimum absolute atomic E-state index is 0.119. The Kier molecular flexibility index (Phi) is 6.80. The molecule has 100 valence electrons. The van der Waals surface area contributed by atoms with Crippen LogP contribution in [0.2, 0.25) is 0 Å². The molecule has 0 saturated heterocycles. The number of carbonyl (C=O) groups excluding carboxylic acids is 1. The molecule has 0 aliphatic rings. The zero-order valence-corrected chi connectivity index (χ0v) is 11.4. The molecule has 0 aromatic carbocycles. The largest absolute Gasteiger partial charge is 0.480 e. The van der Waals surface area contributed by atoms with Gasteiger partial charge in [-0.1, -0.05) is 13.8 Å². The molecule has 0 aromatic rings. The van der Waals surface area contributed by atoms with Gasteiger partial charge in [0.15, 0.2) is 0 Å².